The Kier molecular flexibility index (Phi) is 4.23. The fourth-order valence-electron chi connectivity index (χ4n) is 1.69. The highest BCUT2D eigenvalue weighted by Gasteiger charge is 2.03. The van der Waals surface area contributed by atoms with E-state index in [1.54, 1.807) is 19.5 Å². The molecule has 1 heterocycles. The van der Waals surface area contributed by atoms with Crippen molar-refractivity contribution in [2.45, 2.75) is 20.4 Å². The number of ether oxygens (including phenoxy) is 1. The number of nitrogens with zero attached hydrogens (tertiary/aromatic N) is 3. The van der Waals surface area contributed by atoms with Gasteiger partial charge in [-0.25, -0.2) is 9.97 Å². The van der Waals surface area contributed by atoms with E-state index in [0.717, 1.165) is 22.6 Å². The molecule has 0 aliphatic rings. The normalized spacial score (nSPS) is 11.4. The summed E-state index contributed by atoms with van der Waals surface area (Å²) >= 11 is 0. The first-order valence-corrected chi connectivity index (χ1v) is 6.12. The SMILES string of the molecule is COc1ccccc1CN=C(C)c1ncc(C)cn1. The van der Waals surface area contributed by atoms with Crippen LogP contribution in [0.4, 0.5) is 0 Å². The summed E-state index contributed by atoms with van der Waals surface area (Å²) in [6.45, 7) is 4.44. The second-order valence-corrected chi connectivity index (χ2v) is 4.30. The number of aryl methyl sites for hydroxylation is 1. The quantitative estimate of drug-likeness (QED) is 0.789. The summed E-state index contributed by atoms with van der Waals surface area (Å²) in [4.78, 5) is 13.0. The van der Waals surface area contributed by atoms with Crippen LogP contribution in [0.15, 0.2) is 41.7 Å². The van der Waals surface area contributed by atoms with Crippen molar-refractivity contribution in [2.24, 2.45) is 4.99 Å². The summed E-state index contributed by atoms with van der Waals surface area (Å²) < 4.78 is 5.30. The third-order valence-corrected chi connectivity index (χ3v) is 2.78. The Morgan fingerprint density at radius 1 is 1.21 bits per heavy atom. The van der Waals surface area contributed by atoms with Gasteiger partial charge in [-0.3, -0.25) is 4.99 Å². The lowest BCUT2D eigenvalue weighted by Gasteiger charge is -2.06. The molecule has 2 aromatic rings. The number of benzene rings is 1. The van der Waals surface area contributed by atoms with Crippen LogP contribution in [0.5, 0.6) is 5.75 Å². The van der Waals surface area contributed by atoms with E-state index in [-0.39, 0.29) is 0 Å². The molecule has 0 radical (unpaired) electrons. The van der Waals surface area contributed by atoms with E-state index in [1.165, 1.54) is 0 Å². The maximum absolute atomic E-state index is 5.30. The number of aromatic nitrogens is 2. The number of hydrogen-bond acceptors (Lipinski definition) is 4. The van der Waals surface area contributed by atoms with Crippen LogP contribution in [0.25, 0.3) is 0 Å². The molecule has 19 heavy (non-hydrogen) atoms. The van der Waals surface area contributed by atoms with Gasteiger partial charge in [-0.05, 0) is 25.5 Å². The lowest BCUT2D eigenvalue weighted by Crippen LogP contribution is -2.03. The van der Waals surface area contributed by atoms with Gasteiger partial charge < -0.3 is 4.74 Å². The molecule has 0 bridgehead atoms. The van der Waals surface area contributed by atoms with Crippen molar-refractivity contribution in [2.75, 3.05) is 7.11 Å². The molecule has 0 saturated carbocycles. The molecule has 4 heteroatoms. The Balaban J connectivity index is 2.15. The summed E-state index contributed by atoms with van der Waals surface area (Å²) in [6, 6.07) is 7.86. The monoisotopic (exact) mass is 255 g/mol. The van der Waals surface area contributed by atoms with Gasteiger partial charge in [0.05, 0.1) is 19.4 Å². The molecule has 0 N–H and O–H groups in total. The zero-order valence-electron chi connectivity index (χ0n) is 11.4. The van der Waals surface area contributed by atoms with E-state index in [9.17, 15) is 0 Å². The predicted octanol–water partition coefficient (Wildman–Crippen LogP) is 2.80. The molecular formula is C15H17N3O. The highest BCUT2D eigenvalue weighted by atomic mass is 16.5. The first-order chi connectivity index (χ1) is 9.20. The largest absolute Gasteiger partial charge is 0.496 e. The molecule has 2 rings (SSSR count). The van der Waals surface area contributed by atoms with E-state index in [2.05, 4.69) is 15.0 Å². The van der Waals surface area contributed by atoms with Crippen molar-refractivity contribution in [3.8, 4) is 5.75 Å². The molecule has 1 aromatic heterocycles. The molecule has 0 saturated heterocycles. The Morgan fingerprint density at radius 3 is 2.58 bits per heavy atom. The van der Waals surface area contributed by atoms with Crippen LogP contribution < -0.4 is 4.74 Å². The van der Waals surface area contributed by atoms with Gasteiger partial charge in [0.15, 0.2) is 5.82 Å². The van der Waals surface area contributed by atoms with Gasteiger partial charge in [0, 0.05) is 18.0 Å². The highest BCUT2D eigenvalue weighted by Crippen LogP contribution is 2.18. The van der Waals surface area contributed by atoms with E-state index < -0.39 is 0 Å². The number of hydrogen-bond donors (Lipinski definition) is 0. The molecule has 0 fully saturated rings. The van der Waals surface area contributed by atoms with Crippen molar-refractivity contribution in [3.63, 3.8) is 0 Å². The van der Waals surface area contributed by atoms with Gasteiger partial charge >= 0.3 is 0 Å². The minimum Gasteiger partial charge on any atom is -0.496 e. The Morgan fingerprint density at radius 2 is 1.89 bits per heavy atom. The number of methoxy groups -OCH3 is 1. The summed E-state index contributed by atoms with van der Waals surface area (Å²) in [6.07, 6.45) is 3.59. The fourth-order valence-corrected chi connectivity index (χ4v) is 1.69. The van der Waals surface area contributed by atoms with Gasteiger partial charge in [-0.2, -0.15) is 0 Å². The minimum absolute atomic E-state index is 0.563. The summed E-state index contributed by atoms with van der Waals surface area (Å²) in [7, 11) is 1.67. The molecule has 0 spiro atoms. The molecular weight excluding hydrogens is 238 g/mol. The summed E-state index contributed by atoms with van der Waals surface area (Å²) in [5, 5.41) is 0. The second-order valence-electron chi connectivity index (χ2n) is 4.30. The average molecular weight is 255 g/mol. The van der Waals surface area contributed by atoms with Gasteiger partial charge in [-0.1, -0.05) is 18.2 Å². The Bertz CT molecular complexity index is 576. The Labute approximate surface area is 113 Å². The van der Waals surface area contributed by atoms with Crippen molar-refractivity contribution >= 4 is 5.71 Å². The zero-order valence-corrected chi connectivity index (χ0v) is 11.4. The van der Waals surface area contributed by atoms with Crippen LogP contribution in [0.1, 0.15) is 23.9 Å². The van der Waals surface area contributed by atoms with Gasteiger partial charge in [0.25, 0.3) is 0 Å². The number of aliphatic imine (C=N–C) groups is 1. The van der Waals surface area contributed by atoms with E-state index >= 15 is 0 Å². The third-order valence-electron chi connectivity index (χ3n) is 2.78. The fraction of sp³-hybridized carbons (Fsp3) is 0.267. The van der Waals surface area contributed by atoms with E-state index in [0.29, 0.717) is 12.4 Å². The maximum Gasteiger partial charge on any atom is 0.173 e. The van der Waals surface area contributed by atoms with Gasteiger partial charge in [-0.15, -0.1) is 0 Å². The maximum atomic E-state index is 5.30. The van der Waals surface area contributed by atoms with Crippen molar-refractivity contribution in [3.05, 3.63) is 53.6 Å². The lowest BCUT2D eigenvalue weighted by atomic mass is 10.2. The molecule has 0 unspecified atom stereocenters. The molecule has 0 amide bonds. The van der Waals surface area contributed by atoms with Crippen molar-refractivity contribution in [1.82, 2.24) is 9.97 Å². The van der Waals surface area contributed by atoms with Crippen molar-refractivity contribution in [1.29, 1.82) is 0 Å². The first kappa shape index (κ1) is 13.2. The smallest absolute Gasteiger partial charge is 0.173 e. The molecule has 98 valence electrons. The highest BCUT2D eigenvalue weighted by molar-refractivity contribution is 5.95. The molecule has 0 atom stereocenters. The van der Waals surface area contributed by atoms with E-state index in [4.69, 9.17) is 4.74 Å². The molecule has 1 aromatic carbocycles. The average Bonchev–Trinajstić information content (AvgIpc) is 2.45. The molecule has 4 nitrogen and oxygen atoms in total. The van der Waals surface area contributed by atoms with Crippen LogP contribution in [0.2, 0.25) is 0 Å². The first-order valence-electron chi connectivity index (χ1n) is 6.12. The lowest BCUT2D eigenvalue weighted by molar-refractivity contribution is 0.410. The number of para-hydroxylation sites is 1. The summed E-state index contributed by atoms with van der Waals surface area (Å²) in [5.41, 5.74) is 2.92. The van der Waals surface area contributed by atoms with Crippen LogP contribution in [0, 0.1) is 6.92 Å². The summed E-state index contributed by atoms with van der Waals surface area (Å²) in [5.74, 6) is 1.52. The zero-order chi connectivity index (χ0) is 13.7. The van der Waals surface area contributed by atoms with Crippen LogP contribution >= 0.6 is 0 Å². The minimum atomic E-state index is 0.563. The Hall–Kier alpha value is -2.23. The van der Waals surface area contributed by atoms with Crippen LogP contribution in [-0.2, 0) is 6.54 Å². The number of rotatable bonds is 4. The topological polar surface area (TPSA) is 47.4 Å². The van der Waals surface area contributed by atoms with Crippen LogP contribution in [-0.4, -0.2) is 22.8 Å². The van der Waals surface area contributed by atoms with E-state index in [1.807, 2.05) is 38.1 Å². The third kappa shape index (κ3) is 3.37. The van der Waals surface area contributed by atoms with Crippen LogP contribution in [0.3, 0.4) is 0 Å². The predicted molar refractivity (Wildman–Crippen MR) is 75.7 cm³/mol. The second kappa shape index (κ2) is 6.09. The standard InChI is InChI=1S/C15H17N3O/c1-11-8-17-15(18-9-11)12(2)16-10-13-6-4-5-7-14(13)19-3/h4-9H,10H2,1-3H3. The van der Waals surface area contributed by atoms with Gasteiger partial charge in [0.1, 0.15) is 5.75 Å². The van der Waals surface area contributed by atoms with Crippen molar-refractivity contribution < 1.29 is 4.74 Å². The van der Waals surface area contributed by atoms with Gasteiger partial charge in [0.2, 0.25) is 0 Å². The molecule has 0 aliphatic heterocycles. The molecule has 0 aliphatic carbocycles.